The Morgan fingerprint density at radius 2 is 1.59 bits per heavy atom. The number of carbonyl (C=O) groups is 3. The van der Waals surface area contributed by atoms with Crippen LogP contribution in [0.2, 0.25) is 0 Å². The van der Waals surface area contributed by atoms with Crippen molar-refractivity contribution in [1.29, 1.82) is 0 Å². The minimum Gasteiger partial charge on any atom is -0.478 e. The molecule has 2 atom stereocenters. The molecule has 5 heteroatoms. The summed E-state index contributed by atoms with van der Waals surface area (Å²) in [7, 11) is 1.77. The number of hydrogen-bond donors (Lipinski definition) is 1. The normalized spacial score (nSPS) is 16.8. The van der Waals surface area contributed by atoms with Crippen LogP contribution in [-0.4, -0.2) is 41.3 Å². The van der Waals surface area contributed by atoms with Crippen molar-refractivity contribution in [3.63, 3.8) is 0 Å². The average Bonchev–Trinajstić information content (AvgIpc) is 2.85. The number of aryl methyl sites for hydroxylation is 1. The van der Waals surface area contributed by atoms with Gasteiger partial charge in [0.25, 0.3) is 0 Å². The number of amides is 1. The fraction of sp³-hybridized carbons (Fsp3) is 0.276. The van der Waals surface area contributed by atoms with Crippen LogP contribution < -0.4 is 0 Å². The van der Waals surface area contributed by atoms with Gasteiger partial charge in [-0.15, -0.1) is 0 Å². The quantitative estimate of drug-likeness (QED) is 0.523. The number of rotatable bonds is 7. The third-order valence-electron chi connectivity index (χ3n) is 6.83. The first kappa shape index (κ1) is 23.4. The lowest BCUT2D eigenvalue weighted by Crippen LogP contribution is -2.40. The van der Waals surface area contributed by atoms with Gasteiger partial charge in [0.1, 0.15) is 5.78 Å². The summed E-state index contributed by atoms with van der Waals surface area (Å²) in [4.78, 5) is 38.0. The van der Waals surface area contributed by atoms with Gasteiger partial charge in [0.05, 0.1) is 5.56 Å². The molecule has 0 radical (unpaired) electrons. The van der Waals surface area contributed by atoms with E-state index in [1.54, 1.807) is 24.1 Å². The van der Waals surface area contributed by atoms with Gasteiger partial charge in [0.2, 0.25) is 5.91 Å². The predicted octanol–water partition coefficient (Wildman–Crippen LogP) is 5.32. The lowest BCUT2D eigenvalue weighted by molar-refractivity contribution is -0.136. The van der Waals surface area contributed by atoms with E-state index in [4.69, 9.17) is 5.11 Å². The molecule has 3 aromatic rings. The Bertz CT molecular complexity index is 1200. The molecule has 0 aliphatic carbocycles. The Morgan fingerprint density at radius 1 is 0.971 bits per heavy atom. The Morgan fingerprint density at radius 3 is 2.18 bits per heavy atom. The number of aromatic carboxylic acids is 1. The van der Waals surface area contributed by atoms with Crippen molar-refractivity contribution in [3.8, 4) is 11.1 Å². The standard InChI is InChI=1S/C29H29NO4/c1-19-5-3-4-6-25(19)26(17-27(31)24-15-16-28(32)30(2)18-24)22-11-7-20(8-12-22)21-9-13-23(14-10-21)29(33)34/h3-14,24,26H,15-18H2,1-2H3,(H,33,34)/t24-,26?/m1/s1. The minimum atomic E-state index is -0.943. The second kappa shape index (κ2) is 10.0. The van der Waals surface area contributed by atoms with E-state index in [9.17, 15) is 14.4 Å². The van der Waals surface area contributed by atoms with Crippen LogP contribution in [0.3, 0.4) is 0 Å². The number of benzene rings is 3. The number of piperidine rings is 1. The van der Waals surface area contributed by atoms with Crippen molar-refractivity contribution < 1.29 is 19.5 Å². The second-order valence-electron chi connectivity index (χ2n) is 9.09. The third-order valence-corrected chi connectivity index (χ3v) is 6.83. The number of carboxylic acid groups (broad SMARTS) is 1. The molecule has 0 saturated carbocycles. The summed E-state index contributed by atoms with van der Waals surface area (Å²) < 4.78 is 0. The van der Waals surface area contributed by atoms with Gasteiger partial charge in [-0.05, 0) is 53.3 Å². The van der Waals surface area contributed by atoms with Crippen molar-refractivity contribution in [1.82, 2.24) is 4.90 Å². The number of carbonyl (C=O) groups excluding carboxylic acids is 2. The Labute approximate surface area is 200 Å². The summed E-state index contributed by atoms with van der Waals surface area (Å²) in [5.41, 5.74) is 5.53. The van der Waals surface area contributed by atoms with Gasteiger partial charge in [-0.25, -0.2) is 4.79 Å². The van der Waals surface area contributed by atoms with E-state index in [2.05, 4.69) is 31.2 Å². The summed E-state index contributed by atoms with van der Waals surface area (Å²) in [6, 6.07) is 23.1. The number of likely N-dealkylation sites (tertiary alicyclic amines) is 1. The van der Waals surface area contributed by atoms with Crippen molar-refractivity contribution in [2.24, 2.45) is 5.92 Å². The van der Waals surface area contributed by atoms with Gasteiger partial charge < -0.3 is 10.0 Å². The molecular formula is C29H29NO4. The van der Waals surface area contributed by atoms with Crippen LogP contribution in [0.5, 0.6) is 0 Å². The monoisotopic (exact) mass is 455 g/mol. The molecule has 5 nitrogen and oxygen atoms in total. The van der Waals surface area contributed by atoms with Gasteiger partial charge in [-0.3, -0.25) is 9.59 Å². The number of ketones is 1. The molecule has 0 bridgehead atoms. The molecule has 1 N–H and O–H groups in total. The van der Waals surface area contributed by atoms with Gasteiger partial charge in [0.15, 0.2) is 0 Å². The highest BCUT2D eigenvalue weighted by molar-refractivity contribution is 5.88. The fourth-order valence-corrected chi connectivity index (χ4v) is 4.74. The second-order valence-corrected chi connectivity index (χ2v) is 9.09. The van der Waals surface area contributed by atoms with Gasteiger partial charge >= 0.3 is 5.97 Å². The highest BCUT2D eigenvalue weighted by Crippen LogP contribution is 2.34. The van der Waals surface area contributed by atoms with E-state index in [-0.39, 0.29) is 29.1 Å². The van der Waals surface area contributed by atoms with Crippen LogP contribution in [-0.2, 0) is 9.59 Å². The predicted molar refractivity (Wildman–Crippen MR) is 132 cm³/mol. The van der Waals surface area contributed by atoms with Crippen LogP contribution in [0.1, 0.15) is 52.2 Å². The SMILES string of the molecule is Cc1ccccc1C(CC(=O)[C@@H]1CCC(=O)N(C)C1)c1ccc(-c2ccc(C(=O)O)cc2)cc1. The van der Waals surface area contributed by atoms with Crippen molar-refractivity contribution in [2.45, 2.75) is 32.1 Å². The lowest BCUT2D eigenvalue weighted by atomic mass is 9.80. The molecule has 34 heavy (non-hydrogen) atoms. The van der Waals surface area contributed by atoms with E-state index >= 15 is 0 Å². The Kier molecular flexibility index (Phi) is 6.92. The summed E-state index contributed by atoms with van der Waals surface area (Å²) in [5.74, 6) is -0.838. The molecule has 1 aliphatic rings. The Hall–Kier alpha value is -3.73. The number of hydrogen-bond acceptors (Lipinski definition) is 3. The van der Waals surface area contributed by atoms with Gasteiger partial charge in [-0.1, -0.05) is 60.7 Å². The maximum absolute atomic E-state index is 13.3. The van der Waals surface area contributed by atoms with E-state index < -0.39 is 5.97 Å². The maximum Gasteiger partial charge on any atom is 0.335 e. The van der Waals surface area contributed by atoms with Crippen molar-refractivity contribution in [2.75, 3.05) is 13.6 Å². The summed E-state index contributed by atoms with van der Waals surface area (Å²) in [6.07, 6.45) is 1.44. The van der Waals surface area contributed by atoms with E-state index in [0.717, 1.165) is 27.8 Å². The van der Waals surface area contributed by atoms with Gasteiger partial charge in [-0.2, -0.15) is 0 Å². The maximum atomic E-state index is 13.3. The number of Topliss-reactive ketones (excluding diaryl/α,β-unsaturated/α-hetero) is 1. The Balaban J connectivity index is 1.60. The molecule has 1 heterocycles. The van der Waals surface area contributed by atoms with Crippen LogP contribution in [0, 0.1) is 12.8 Å². The van der Waals surface area contributed by atoms with E-state index in [0.29, 0.717) is 25.8 Å². The molecule has 1 amide bonds. The van der Waals surface area contributed by atoms with E-state index in [1.165, 1.54) is 0 Å². The molecule has 0 aromatic heterocycles. The van der Waals surface area contributed by atoms with Gasteiger partial charge in [0, 0.05) is 38.3 Å². The molecule has 3 aromatic carbocycles. The van der Waals surface area contributed by atoms with Crippen molar-refractivity contribution >= 4 is 17.7 Å². The van der Waals surface area contributed by atoms with Crippen molar-refractivity contribution in [3.05, 3.63) is 95.1 Å². The molecule has 1 fully saturated rings. The van der Waals surface area contributed by atoms with E-state index in [1.807, 2.05) is 36.4 Å². The molecule has 1 unspecified atom stereocenters. The first-order valence-electron chi connectivity index (χ1n) is 11.6. The van der Waals surface area contributed by atoms with Crippen LogP contribution in [0.25, 0.3) is 11.1 Å². The highest BCUT2D eigenvalue weighted by Gasteiger charge is 2.30. The first-order valence-corrected chi connectivity index (χ1v) is 11.6. The molecular weight excluding hydrogens is 426 g/mol. The lowest BCUT2D eigenvalue weighted by Gasteiger charge is -2.30. The first-order chi connectivity index (χ1) is 16.3. The third kappa shape index (κ3) is 5.09. The smallest absolute Gasteiger partial charge is 0.335 e. The summed E-state index contributed by atoms with van der Waals surface area (Å²) >= 11 is 0. The average molecular weight is 456 g/mol. The summed E-state index contributed by atoms with van der Waals surface area (Å²) in [5, 5.41) is 9.12. The zero-order chi connectivity index (χ0) is 24.2. The topological polar surface area (TPSA) is 74.7 Å². The fourth-order valence-electron chi connectivity index (χ4n) is 4.74. The summed E-state index contributed by atoms with van der Waals surface area (Å²) in [6.45, 7) is 2.56. The number of nitrogens with zero attached hydrogens (tertiary/aromatic N) is 1. The zero-order valence-electron chi connectivity index (χ0n) is 19.5. The molecule has 174 valence electrons. The zero-order valence-corrected chi connectivity index (χ0v) is 19.5. The van der Waals surface area contributed by atoms with Crippen LogP contribution >= 0.6 is 0 Å². The molecule has 1 saturated heterocycles. The highest BCUT2D eigenvalue weighted by atomic mass is 16.4. The molecule has 4 rings (SSSR count). The number of carboxylic acids is 1. The van der Waals surface area contributed by atoms with Crippen LogP contribution in [0.4, 0.5) is 0 Å². The largest absolute Gasteiger partial charge is 0.478 e. The van der Waals surface area contributed by atoms with Crippen LogP contribution in [0.15, 0.2) is 72.8 Å². The molecule has 1 aliphatic heterocycles. The molecule has 0 spiro atoms. The minimum absolute atomic E-state index is 0.0694.